The first kappa shape index (κ1) is 19.1. The van der Waals surface area contributed by atoms with Crippen molar-refractivity contribution in [2.45, 2.75) is 30.6 Å². The largest absolute Gasteiger partial charge is 0.326 e. The first-order valence-corrected chi connectivity index (χ1v) is 9.68. The van der Waals surface area contributed by atoms with Crippen molar-refractivity contribution in [1.82, 2.24) is 4.31 Å². The van der Waals surface area contributed by atoms with Crippen molar-refractivity contribution in [1.29, 1.82) is 0 Å². The molecule has 0 saturated heterocycles. The lowest BCUT2D eigenvalue weighted by molar-refractivity contribution is -0.117. The minimum atomic E-state index is -3.54. The minimum Gasteiger partial charge on any atom is -0.326 e. The minimum absolute atomic E-state index is 0.132. The molecule has 1 atom stereocenters. The summed E-state index contributed by atoms with van der Waals surface area (Å²) in [5.41, 5.74) is 1.43. The monoisotopic (exact) mass is 360 g/mol. The van der Waals surface area contributed by atoms with Crippen molar-refractivity contribution in [3.8, 4) is 0 Å². The molecule has 0 aliphatic heterocycles. The molecule has 2 rings (SSSR count). The molecule has 1 N–H and O–H groups in total. The van der Waals surface area contributed by atoms with Gasteiger partial charge in [-0.15, -0.1) is 0 Å². The van der Waals surface area contributed by atoms with Crippen LogP contribution in [0.15, 0.2) is 59.5 Å². The van der Waals surface area contributed by atoms with Crippen molar-refractivity contribution >= 4 is 21.6 Å². The van der Waals surface area contributed by atoms with Crippen molar-refractivity contribution in [2.24, 2.45) is 0 Å². The topological polar surface area (TPSA) is 66.5 Å². The molecule has 0 fully saturated rings. The normalized spacial score (nSPS) is 12.8. The first-order valence-electron chi connectivity index (χ1n) is 8.24. The smallest absolute Gasteiger partial charge is 0.242 e. The highest BCUT2D eigenvalue weighted by Gasteiger charge is 2.21. The van der Waals surface area contributed by atoms with Crippen LogP contribution < -0.4 is 5.32 Å². The summed E-state index contributed by atoms with van der Waals surface area (Å²) in [7, 11) is -0.577. The molecule has 1 amide bonds. The van der Waals surface area contributed by atoms with Crippen LogP contribution in [-0.4, -0.2) is 32.7 Å². The van der Waals surface area contributed by atoms with E-state index in [2.05, 4.69) is 5.32 Å². The van der Waals surface area contributed by atoms with Gasteiger partial charge in [0, 0.05) is 19.8 Å². The number of hydrogen-bond acceptors (Lipinski definition) is 3. The lowest BCUT2D eigenvalue weighted by Gasteiger charge is -2.17. The average Bonchev–Trinajstić information content (AvgIpc) is 2.60. The Morgan fingerprint density at radius 3 is 2.36 bits per heavy atom. The molecule has 0 aromatic heterocycles. The molecule has 0 unspecified atom stereocenters. The number of anilines is 1. The van der Waals surface area contributed by atoms with E-state index >= 15 is 0 Å². The number of nitrogens with zero attached hydrogens (tertiary/aromatic N) is 1. The third-order valence-electron chi connectivity index (χ3n) is 3.98. The molecule has 25 heavy (non-hydrogen) atoms. The van der Waals surface area contributed by atoms with E-state index < -0.39 is 10.0 Å². The van der Waals surface area contributed by atoms with E-state index in [-0.39, 0.29) is 16.7 Å². The van der Waals surface area contributed by atoms with E-state index in [1.54, 1.807) is 12.1 Å². The second kappa shape index (κ2) is 8.27. The van der Waals surface area contributed by atoms with E-state index in [0.29, 0.717) is 5.69 Å². The van der Waals surface area contributed by atoms with Crippen LogP contribution >= 0.6 is 0 Å². The van der Waals surface area contributed by atoms with Crippen LogP contribution in [0, 0.1) is 0 Å². The molecule has 2 aromatic carbocycles. The summed E-state index contributed by atoms with van der Waals surface area (Å²) >= 11 is 0. The van der Waals surface area contributed by atoms with Gasteiger partial charge in [0.1, 0.15) is 0 Å². The lowest BCUT2D eigenvalue weighted by atomic mass is 9.93. The Labute approximate surface area is 149 Å². The van der Waals surface area contributed by atoms with Crippen LogP contribution in [0.3, 0.4) is 0 Å². The third-order valence-corrected chi connectivity index (χ3v) is 5.79. The maximum Gasteiger partial charge on any atom is 0.242 e. The Balaban J connectivity index is 2.25. The van der Waals surface area contributed by atoms with E-state index in [9.17, 15) is 13.2 Å². The summed E-state index contributed by atoms with van der Waals surface area (Å²) in [5.74, 6) is -0.396. The standard InChI is InChI=1S/C19H24N2O3S/c1-4-9-18(15-10-6-5-7-11-15)19(22)20-16-12-8-13-17(14-16)25(23,24)21(2)3/h5-8,10-14,18H,4,9H2,1-3H3,(H,20,22)/t18-/m1/s1. The van der Waals surface area contributed by atoms with E-state index in [1.807, 2.05) is 37.3 Å². The van der Waals surface area contributed by atoms with Gasteiger partial charge < -0.3 is 5.32 Å². The molecule has 0 saturated carbocycles. The van der Waals surface area contributed by atoms with E-state index in [1.165, 1.54) is 26.2 Å². The zero-order chi connectivity index (χ0) is 18.4. The Kier molecular flexibility index (Phi) is 6.33. The second-order valence-electron chi connectivity index (χ2n) is 6.06. The molecule has 0 spiro atoms. The number of carbonyl (C=O) groups excluding carboxylic acids is 1. The van der Waals surface area contributed by atoms with Gasteiger partial charge in [0.05, 0.1) is 10.8 Å². The molecule has 0 aliphatic carbocycles. The van der Waals surface area contributed by atoms with Crippen LogP contribution in [0.2, 0.25) is 0 Å². The fraction of sp³-hybridized carbons (Fsp3) is 0.316. The SMILES string of the molecule is CCC[C@@H](C(=O)Nc1cccc(S(=O)(=O)N(C)C)c1)c1ccccc1. The molecule has 6 heteroatoms. The molecular weight excluding hydrogens is 336 g/mol. The Bertz CT molecular complexity index is 818. The van der Waals surface area contributed by atoms with Gasteiger partial charge in [0.25, 0.3) is 0 Å². The number of sulfonamides is 1. The van der Waals surface area contributed by atoms with Crippen LogP contribution in [-0.2, 0) is 14.8 Å². The summed E-state index contributed by atoms with van der Waals surface area (Å²) in [6.07, 6.45) is 1.60. The van der Waals surface area contributed by atoms with Crippen LogP contribution in [0.5, 0.6) is 0 Å². The predicted molar refractivity (Wildman–Crippen MR) is 100 cm³/mol. The van der Waals surface area contributed by atoms with Gasteiger partial charge >= 0.3 is 0 Å². The van der Waals surface area contributed by atoms with Crippen molar-refractivity contribution < 1.29 is 13.2 Å². The highest BCUT2D eigenvalue weighted by Crippen LogP contribution is 2.24. The number of hydrogen-bond donors (Lipinski definition) is 1. The Hall–Kier alpha value is -2.18. The summed E-state index contributed by atoms with van der Waals surface area (Å²) < 4.78 is 25.6. The molecule has 0 radical (unpaired) electrons. The molecule has 134 valence electrons. The quantitative estimate of drug-likeness (QED) is 0.822. The molecule has 2 aromatic rings. The van der Waals surface area contributed by atoms with Crippen molar-refractivity contribution in [3.05, 3.63) is 60.2 Å². The number of carbonyl (C=O) groups is 1. The zero-order valence-electron chi connectivity index (χ0n) is 14.8. The number of rotatable bonds is 7. The van der Waals surface area contributed by atoms with Gasteiger partial charge in [0.2, 0.25) is 15.9 Å². The third kappa shape index (κ3) is 4.67. The van der Waals surface area contributed by atoms with Gasteiger partial charge in [-0.05, 0) is 30.2 Å². The summed E-state index contributed by atoms with van der Waals surface area (Å²) in [5, 5.41) is 2.85. The van der Waals surface area contributed by atoms with E-state index in [0.717, 1.165) is 22.7 Å². The number of nitrogens with one attached hydrogen (secondary N) is 1. The molecule has 5 nitrogen and oxygen atoms in total. The average molecular weight is 360 g/mol. The molecular formula is C19H24N2O3S. The molecule has 0 aliphatic rings. The van der Waals surface area contributed by atoms with Gasteiger partial charge in [-0.3, -0.25) is 4.79 Å². The maximum absolute atomic E-state index is 12.7. The zero-order valence-corrected chi connectivity index (χ0v) is 15.6. The molecule has 0 heterocycles. The van der Waals surface area contributed by atoms with Crippen LogP contribution in [0.25, 0.3) is 0 Å². The number of amides is 1. The second-order valence-corrected chi connectivity index (χ2v) is 8.21. The van der Waals surface area contributed by atoms with Crippen LogP contribution in [0.4, 0.5) is 5.69 Å². The summed E-state index contributed by atoms with van der Waals surface area (Å²) in [6.45, 7) is 2.04. The van der Waals surface area contributed by atoms with Crippen molar-refractivity contribution in [2.75, 3.05) is 19.4 Å². The van der Waals surface area contributed by atoms with Gasteiger partial charge in [-0.1, -0.05) is 49.7 Å². The van der Waals surface area contributed by atoms with Gasteiger partial charge in [0.15, 0.2) is 0 Å². The highest BCUT2D eigenvalue weighted by molar-refractivity contribution is 7.89. The maximum atomic E-state index is 12.7. The fourth-order valence-corrected chi connectivity index (χ4v) is 3.55. The Morgan fingerprint density at radius 2 is 1.76 bits per heavy atom. The van der Waals surface area contributed by atoms with Crippen molar-refractivity contribution in [3.63, 3.8) is 0 Å². The van der Waals surface area contributed by atoms with Crippen LogP contribution in [0.1, 0.15) is 31.2 Å². The van der Waals surface area contributed by atoms with Gasteiger partial charge in [-0.25, -0.2) is 12.7 Å². The lowest BCUT2D eigenvalue weighted by Crippen LogP contribution is -2.23. The van der Waals surface area contributed by atoms with E-state index in [4.69, 9.17) is 0 Å². The number of benzene rings is 2. The summed E-state index contributed by atoms with van der Waals surface area (Å²) in [4.78, 5) is 12.9. The Morgan fingerprint density at radius 1 is 1.08 bits per heavy atom. The summed E-state index contributed by atoms with van der Waals surface area (Å²) in [6, 6.07) is 15.9. The highest BCUT2D eigenvalue weighted by atomic mass is 32.2. The predicted octanol–water partition coefficient (Wildman–Crippen LogP) is 3.46. The molecule has 0 bridgehead atoms. The fourth-order valence-electron chi connectivity index (χ4n) is 2.60. The first-order chi connectivity index (χ1) is 11.9. The van der Waals surface area contributed by atoms with Gasteiger partial charge in [-0.2, -0.15) is 0 Å².